The molecule has 0 fully saturated rings. The molecule has 0 saturated carbocycles. The second-order valence-corrected chi connectivity index (χ2v) is 38.6. The molecular formula is C121H132N5+5. The molecule has 5 aliphatic carbocycles. The first-order valence-corrected chi connectivity index (χ1v) is 45.5. The van der Waals surface area contributed by atoms with Gasteiger partial charge in [-0.2, -0.15) is 0 Å². The number of hydrogen-bond acceptors (Lipinski definition) is 0. The summed E-state index contributed by atoms with van der Waals surface area (Å²) in [5.41, 5.74) is 51.6. The Labute approximate surface area is 762 Å². The van der Waals surface area contributed by atoms with Gasteiger partial charge in [0, 0.05) is 123 Å². The molecule has 0 bridgehead atoms. The molecule has 5 nitrogen and oxygen atoms in total. The summed E-state index contributed by atoms with van der Waals surface area (Å²) >= 11 is 0. The summed E-state index contributed by atoms with van der Waals surface area (Å²) in [6.45, 7) is 41.5. The van der Waals surface area contributed by atoms with E-state index in [0.29, 0.717) is 11.1 Å². The van der Waals surface area contributed by atoms with Crippen LogP contribution >= 0.6 is 0 Å². The smallest absolute Gasteiger partial charge is 0.201 e. The summed E-state index contributed by atoms with van der Waals surface area (Å²) < 4.78 is 59.0. The summed E-state index contributed by atoms with van der Waals surface area (Å²) in [5.74, 6) is -1.68. The number of aromatic nitrogens is 5. The molecule has 0 radical (unpaired) electrons. The zero-order valence-corrected chi connectivity index (χ0v) is 79.3. The van der Waals surface area contributed by atoms with Gasteiger partial charge in [-0.1, -0.05) is 293 Å². The molecule has 0 amide bonds. The van der Waals surface area contributed by atoms with E-state index < -0.39 is 19.1 Å². The van der Waals surface area contributed by atoms with Crippen molar-refractivity contribution in [3.05, 3.63) is 385 Å². The van der Waals surface area contributed by atoms with Gasteiger partial charge < -0.3 is 0 Å². The van der Waals surface area contributed by atoms with E-state index in [0.717, 1.165) is 41.8 Å². The Kier molecular flexibility index (Phi) is 21.4. The number of hydrogen-bond donors (Lipinski definition) is 0. The first-order chi connectivity index (χ1) is 62.3. The number of rotatable bonds is 10. The van der Waals surface area contributed by atoms with Crippen LogP contribution < -0.4 is 22.8 Å². The Balaban J connectivity index is 0.000000121. The van der Waals surface area contributed by atoms with Gasteiger partial charge in [-0.3, -0.25) is 0 Å². The zero-order chi connectivity index (χ0) is 94.9. The first-order valence-electron chi connectivity index (χ1n) is 48.5. The van der Waals surface area contributed by atoms with Crippen LogP contribution in [0, 0.1) is 34.6 Å². The van der Waals surface area contributed by atoms with Crippen LogP contribution in [0.15, 0.2) is 274 Å². The van der Waals surface area contributed by atoms with Gasteiger partial charge in [0.2, 0.25) is 28.5 Å². The predicted molar refractivity (Wildman–Crippen MR) is 528 cm³/mol. The average molecular weight is 1660 g/mol. The van der Waals surface area contributed by atoms with E-state index in [1.165, 1.54) is 196 Å². The summed E-state index contributed by atoms with van der Waals surface area (Å²) in [7, 11) is 10.5. The van der Waals surface area contributed by atoms with Crippen LogP contribution in [-0.4, -0.2) is 0 Å². The second-order valence-electron chi connectivity index (χ2n) is 38.6. The van der Waals surface area contributed by atoms with Crippen molar-refractivity contribution in [3.8, 4) is 112 Å². The number of fused-ring (bicyclic) bond motifs is 15. The lowest BCUT2D eigenvalue weighted by Crippen LogP contribution is -2.31. The molecule has 15 aromatic rings. The fourth-order valence-corrected chi connectivity index (χ4v) is 21.5. The highest BCUT2D eigenvalue weighted by atomic mass is 14.9. The van der Waals surface area contributed by atoms with Gasteiger partial charge in [0.1, 0.15) is 35.2 Å². The molecule has 0 saturated heterocycles. The Hall–Kier alpha value is -12.1. The van der Waals surface area contributed by atoms with Crippen LogP contribution in [0.3, 0.4) is 0 Å². The molecule has 0 N–H and O–H groups in total. The quantitative estimate of drug-likeness (QED) is 0.122. The van der Waals surface area contributed by atoms with Crippen molar-refractivity contribution in [2.24, 2.45) is 35.2 Å². The first kappa shape index (κ1) is 79.8. The summed E-state index contributed by atoms with van der Waals surface area (Å²) in [6, 6.07) is 88.0. The van der Waals surface area contributed by atoms with Crippen LogP contribution in [0.1, 0.15) is 236 Å². The van der Waals surface area contributed by atoms with Crippen molar-refractivity contribution in [2.75, 3.05) is 0 Å². The normalized spacial score (nSPS) is 15.7. The highest BCUT2D eigenvalue weighted by molar-refractivity contribution is 5.98. The second kappa shape index (κ2) is 33.7. The number of pyridine rings is 5. The minimum absolute atomic E-state index is 0.0200. The Morgan fingerprint density at radius 3 is 0.794 bits per heavy atom. The van der Waals surface area contributed by atoms with Gasteiger partial charge in [-0.15, -0.1) is 0 Å². The van der Waals surface area contributed by atoms with E-state index in [9.17, 15) is 0 Å². The van der Waals surface area contributed by atoms with E-state index in [1.54, 1.807) is 13.0 Å². The molecule has 20 rings (SSSR count). The Morgan fingerprint density at radius 1 is 0.270 bits per heavy atom. The molecule has 10 aromatic carbocycles. The third-order valence-electron chi connectivity index (χ3n) is 28.9. The monoisotopic (exact) mass is 1660 g/mol. The summed E-state index contributed by atoms with van der Waals surface area (Å²) in [4.78, 5) is 0. The average Bonchev–Trinajstić information content (AvgIpc) is 1.58. The van der Waals surface area contributed by atoms with Gasteiger partial charge in [0.25, 0.3) is 0 Å². The standard InChI is InChI=1S/C25H28N.4C24H26N/c1-16(2)18-13-14-26(6)22(15-18)23-17(3)11-12-21-24(23)19-9-7-8-10-20(19)25(21,4)5;2*1-6-17-12-14-21(25(5)15-17)22-16(2)11-13-20-23(22)18-9-7-8-10-19(18)24(20,3)4;2*1-6-17-13-14-25(5)21(15-17)22-16(2)11-12-20-23(22)18-9-7-8-10-19(18)24(20,3)4/h7-16H,1-6H3;4*7-15H,6H2,1-5H3/q5*+1/i1D3,16D;6D2;;;. The highest BCUT2D eigenvalue weighted by Crippen LogP contribution is 2.58. The van der Waals surface area contributed by atoms with Crippen molar-refractivity contribution < 1.29 is 31.1 Å². The number of benzene rings is 10. The number of aryl methyl sites for hydroxylation is 14. The molecule has 1 atom stereocenters. The van der Waals surface area contributed by atoms with Crippen LogP contribution in [0.4, 0.5) is 0 Å². The lowest BCUT2D eigenvalue weighted by atomic mass is 9.81. The minimum Gasteiger partial charge on any atom is -0.201 e. The van der Waals surface area contributed by atoms with Gasteiger partial charge in [-0.25, -0.2) is 22.8 Å². The predicted octanol–water partition coefficient (Wildman–Crippen LogP) is 27.3. The van der Waals surface area contributed by atoms with Crippen molar-refractivity contribution in [1.82, 2.24) is 0 Å². The van der Waals surface area contributed by atoms with Crippen LogP contribution in [0.25, 0.3) is 112 Å². The Bertz CT molecular complexity index is 6960. The molecule has 5 heterocycles. The van der Waals surface area contributed by atoms with Gasteiger partial charge in [0.15, 0.2) is 31.0 Å². The molecule has 636 valence electrons. The lowest BCUT2D eigenvalue weighted by Gasteiger charge is -2.22. The third-order valence-corrected chi connectivity index (χ3v) is 28.9. The maximum atomic E-state index is 8.56. The highest BCUT2D eigenvalue weighted by Gasteiger charge is 2.44. The SMILES string of the molecule is CCc1cc[n+](C)c(-c2c(C)ccc3c2-c2ccccc2C3(C)C)c1.CCc1cc[n+](C)c(-c2c(C)ccc3c2-c2ccccc2C3(C)C)c1.CCc1ccc(-c2c(C)ccc3c2-c2ccccc2C3(C)C)[n+](C)c1.[2H]C([2H])(C)c1ccc(-c2c(C)ccc3c2-c2ccccc2C3(C)C)[n+](C)c1.[2H]C([2H])([2H])C([2H])(C)c1cc[n+](C)c(-c2c(C)ccc3c2-c2ccccc2C3(C)C)c1. The lowest BCUT2D eigenvalue weighted by molar-refractivity contribution is -0.660. The molecule has 5 heteroatoms. The fourth-order valence-electron chi connectivity index (χ4n) is 21.5. The van der Waals surface area contributed by atoms with Crippen LogP contribution in [0.5, 0.6) is 0 Å². The maximum absolute atomic E-state index is 8.56. The Morgan fingerprint density at radius 2 is 0.524 bits per heavy atom. The van der Waals surface area contributed by atoms with Crippen LogP contribution in [-0.2, 0) is 87.9 Å². The molecule has 126 heavy (non-hydrogen) atoms. The molecular weight excluding hydrogens is 1520 g/mol. The number of nitrogens with zero attached hydrogens (tertiary/aromatic N) is 5. The fraction of sp³-hybridized carbons (Fsp3) is 0.298. The van der Waals surface area contributed by atoms with Crippen molar-refractivity contribution in [1.29, 1.82) is 0 Å². The molecule has 0 spiro atoms. The zero-order valence-electron chi connectivity index (χ0n) is 85.3. The summed E-state index contributed by atoms with van der Waals surface area (Å²) in [5, 5.41) is 0. The van der Waals surface area contributed by atoms with E-state index in [4.69, 9.17) is 8.22 Å². The largest absolute Gasteiger partial charge is 0.213 e. The van der Waals surface area contributed by atoms with E-state index >= 15 is 0 Å². The molecule has 5 aliphatic rings. The van der Waals surface area contributed by atoms with E-state index in [1.807, 2.05) is 43.2 Å². The third kappa shape index (κ3) is 14.8. The van der Waals surface area contributed by atoms with E-state index in [-0.39, 0.29) is 27.1 Å². The topological polar surface area (TPSA) is 19.4 Å². The van der Waals surface area contributed by atoms with Crippen molar-refractivity contribution >= 4 is 0 Å². The van der Waals surface area contributed by atoms with Gasteiger partial charge >= 0.3 is 0 Å². The molecule has 5 aromatic heterocycles. The maximum Gasteiger partial charge on any atom is 0.213 e. The molecule has 0 aliphatic heterocycles. The van der Waals surface area contributed by atoms with Crippen molar-refractivity contribution in [3.63, 3.8) is 0 Å². The van der Waals surface area contributed by atoms with E-state index in [2.05, 4.69) is 407 Å². The molecule has 1 unspecified atom stereocenters. The van der Waals surface area contributed by atoms with Gasteiger partial charge in [-0.05, 0) is 206 Å². The van der Waals surface area contributed by atoms with Crippen LogP contribution in [0.2, 0.25) is 0 Å². The van der Waals surface area contributed by atoms with Crippen molar-refractivity contribution in [2.45, 2.75) is 204 Å². The summed E-state index contributed by atoms with van der Waals surface area (Å²) in [6.07, 6.45) is 12.3. The van der Waals surface area contributed by atoms with Gasteiger partial charge in [0.05, 0.1) is 27.8 Å². The minimum atomic E-state index is -2.41.